The molecule has 0 aromatic rings. The van der Waals surface area contributed by atoms with Crippen molar-refractivity contribution in [3.8, 4) is 0 Å². The topological polar surface area (TPSA) is 129 Å². The largest absolute Gasteiger partial charge is 0.472 e. The number of carbonyl (C=O) groups is 2. The van der Waals surface area contributed by atoms with Crippen molar-refractivity contribution in [3.63, 3.8) is 0 Å². The Morgan fingerprint density at radius 1 is 0.673 bits per heavy atom. The summed E-state index contributed by atoms with van der Waals surface area (Å²) >= 11 is 0. The molecule has 2 N–H and O–H groups in total. The van der Waals surface area contributed by atoms with Gasteiger partial charge in [0.25, 0.3) is 0 Å². The number of likely N-dealkylation sites (N-methyl/N-ethyl adjacent to an activating group) is 1. The third kappa shape index (κ3) is 39.4. The van der Waals surface area contributed by atoms with Gasteiger partial charge in [0, 0.05) is 12.8 Å². The van der Waals surface area contributed by atoms with Crippen LogP contribution in [0.5, 0.6) is 0 Å². The molecular weight excluding hydrogens is 717 g/mol. The molecule has 0 aromatic carbocycles. The van der Waals surface area contributed by atoms with Crippen LogP contribution >= 0.6 is 7.82 Å². The van der Waals surface area contributed by atoms with E-state index in [2.05, 4.69) is 68.5 Å². The van der Waals surface area contributed by atoms with Gasteiger partial charge in [-0.25, -0.2) is 4.57 Å². The number of hydrogen-bond donors (Lipinski definition) is 2. The second-order valence-electron chi connectivity index (χ2n) is 14.8. The number of aliphatic hydroxyl groups is 1. The molecule has 316 valence electrons. The zero-order chi connectivity index (χ0) is 40.9. The van der Waals surface area contributed by atoms with Crippen LogP contribution in [0, 0.1) is 0 Å². The first-order valence-corrected chi connectivity index (χ1v) is 22.3. The van der Waals surface area contributed by atoms with Crippen molar-refractivity contribution in [1.29, 1.82) is 0 Å². The summed E-state index contributed by atoms with van der Waals surface area (Å²) in [7, 11) is 1.38. The molecule has 0 saturated heterocycles. The van der Waals surface area contributed by atoms with Crippen molar-refractivity contribution < 1.29 is 47.2 Å². The molecule has 0 bridgehead atoms. The van der Waals surface area contributed by atoms with E-state index in [1.807, 2.05) is 33.3 Å². The van der Waals surface area contributed by atoms with E-state index in [9.17, 15) is 24.2 Å². The lowest BCUT2D eigenvalue weighted by Gasteiger charge is -2.24. The molecule has 55 heavy (non-hydrogen) atoms. The van der Waals surface area contributed by atoms with E-state index in [1.165, 1.54) is 19.3 Å². The fraction of sp³-hybridized carbons (Fsp3) is 0.682. The number of nitrogens with zero attached hydrogens (tertiary/aromatic N) is 1. The zero-order valence-electron chi connectivity index (χ0n) is 35.0. The number of carbonyl (C=O) groups excluding carboxylic acids is 2. The lowest BCUT2D eigenvalue weighted by atomic mass is 10.1. The first-order chi connectivity index (χ1) is 26.4. The Kier molecular flexibility index (Phi) is 34.1. The van der Waals surface area contributed by atoms with Crippen LogP contribution in [-0.4, -0.2) is 86.1 Å². The van der Waals surface area contributed by atoms with Crippen LogP contribution < -0.4 is 0 Å². The van der Waals surface area contributed by atoms with E-state index < -0.39 is 38.6 Å². The van der Waals surface area contributed by atoms with Crippen LogP contribution in [0.2, 0.25) is 0 Å². The highest BCUT2D eigenvalue weighted by molar-refractivity contribution is 7.47. The molecule has 11 heteroatoms. The Bertz CT molecular complexity index is 1190. The maximum atomic E-state index is 12.6. The number of ether oxygens (including phenoxy) is 2. The van der Waals surface area contributed by atoms with Gasteiger partial charge in [0.05, 0.1) is 33.9 Å². The molecule has 0 aliphatic carbocycles. The molecule has 0 spiro atoms. The van der Waals surface area contributed by atoms with Crippen LogP contribution in [0.3, 0.4) is 0 Å². The number of rotatable bonds is 36. The molecule has 0 radical (unpaired) electrons. The normalized spacial score (nSPS) is 15.0. The molecule has 2 unspecified atom stereocenters. The van der Waals surface area contributed by atoms with Gasteiger partial charge in [-0.15, -0.1) is 0 Å². The summed E-state index contributed by atoms with van der Waals surface area (Å²) in [6, 6.07) is 0. The number of phosphoric acid groups is 1. The van der Waals surface area contributed by atoms with Gasteiger partial charge < -0.3 is 24.0 Å². The van der Waals surface area contributed by atoms with Crippen molar-refractivity contribution in [2.75, 3.05) is 47.5 Å². The third-order valence-corrected chi connectivity index (χ3v) is 9.31. The monoisotopic (exact) mass is 795 g/mol. The molecule has 0 aliphatic heterocycles. The van der Waals surface area contributed by atoms with Crippen molar-refractivity contribution in [3.05, 3.63) is 72.9 Å². The van der Waals surface area contributed by atoms with Crippen molar-refractivity contribution in [2.45, 2.75) is 148 Å². The number of unbranched alkanes of at least 4 members (excludes halogenated alkanes) is 9. The Hall–Kier alpha value is -2.59. The second-order valence-corrected chi connectivity index (χ2v) is 16.3. The van der Waals surface area contributed by atoms with Gasteiger partial charge in [-0.3, -0.25) is 18.6 Å². The van der Waals surface area contributed by atoms with Gasteiger partial charge in [-0.05, 0) is 70.6 Å². The molecular formula is C44H77NO9P+. The highest BCUT2D eigenvalue weighted by Crippen LogP contribution is 2.43. The Labute approximate surface area is 334 Å². The van der Waals surface area contributed by atoms with E-state index in [0.29, 0.717) is 30.3 Å². The molecule has 0 aliphatic rings. The molecule has 0 heterocycles. The number of hydrogen-bond acceptors (Lipinski definition) is 8. The fourth-order valence-corrected chi connectivity index (χ4v) is 5.77. The van der Waals surface area contributed by atoms with Crippen LogP contribution in [0.15, 0.2) is 72.9 Å². The molecule has 3 atom stereocenters. The standard InChI is InChI=1S/C44H76NO9P/c1-6-8-10-12-14-15-16-17-18-19-20-21-23-27-32-36-44(48)54-42(40-53-55(49,50)52-38-37-45(3,4)5)39-51-43(47)35-31-28-24-26-30-34-41(46)33-29-25-22-13-11-9-7-2/h9,11,14-15,17-18,20-22,25,29,33,41-42,46H,6-8,10,12-13,16,19,23-24,26-28,30-32,34-40H2,1-5H3/p+1/b11-9+,15-14-,18-17-,21-20-,25-22+,33-29+/t41?,42-/m1/s1. The average Bonchev–Trinajstić information content (AvgIpc) is 3.12. The molecule has 10 nitrogen and oxygen atoms in total. The van der Waals surface area contributed by atoms with Gasteiger partial charge in [-0.1, -0.05) is 125 Å². The quantitative estimate of drug-likeness (QED) is 0.0159. The van der Waals surface area contributed by atoms with Gasteiger partial charge in [-0.2, -0.15) is 0 Å². The number of aliphatic hydroxyl groups excluding tert-OH is 1. The summed E-state index contributed by atoms with van der Waals surface area (Å²) in [5.41, 5.74) is 0. The summed E-state index contributed by atoms with van der Waals surface area (Å²) in [6.07, 6.45) is 39.7. The van der Waals surface area contributed by atoms with E-state index in [1.54, 1.807) is 6.08 Å². The summed E-state index contributed by atoms with van der Waals surface area (Å²) < 4.78 is 34.1. The van der Waals surface area contributed by atoms with E-state index in [4.69, 9.17) is 18.5 Å². The Morgan fingerprint density at radius 2 is 1.25 bits per heavy atom. The smallest absolute Gasteiger partial charge is 0.462 e. The summed E-state index contributed by atoms with van der Waals surface area (Å²) in [5, 5.41) is 10.1. The average molecular weight is 795 g/mol. The predicted molar refractivity (Wildman–Crippen MR) is 225 cm³/mol. The second kappa shape index (κ2) is 35.8. The van der Waals surface area contributed by atoms with Crippen LogP contribution in [0.25, 0.3) is 0 Å². The third-order valence-electron chi connectivity index (χ3n) is 8.32. The minimum absolute atomic E-state index is 0.00461. The molecule has 0 amide bonds. The number of allylic oxidation sites excluding steroid dienone is 11. The van der Waals surface area contributed by atoms with Crippen LogP contribution in [0.4, 0.5) is 0 Å². The van der Waals surface area contributed by atoms with Crippen molar-refractivity contribution in [2.24, 2.45) is 0 Å². The van der Waals surface area contributed by atoms with Crippen molar-refractivity contribution >= 4 is 19.8 Å². The lowest BCUT2D eigenvalue weighted by molar-refractivity contribution is -0.870. The lowest BCUT2D eigenvalue weighted by Crippen LogP contribution is -2.37. The number of phosphoric ester groups is 1. The SMILES string of the molecule is CC/C=C/C/C=C/C=C/C(O)CCCCCCCC(=O)OC[C@H](COP(=O)(O)OCC[N+](C)(C)C)OC(=O)CCCC/C=C\C/C=C\C/C=C\CCCCC. The molecule has 0 aromatic heterocycles. The molecule has 0 rings (SSSR count). The van der Waals surface area contributed by atoms with Gasteiger partial charge in [0.2, 0.25) is 0 Å². The predicted octanol–water partition coefficient (Wildman–Crippen LogP) is 10.4. The summed E-state index contributed by atoms with van der Waals surface area (Å²) in [6.45, 7) is 4.07. The first-order valence-electron chi connectivity index (χ1n) is 20.8. The highest BCUT2D eigenvalue weighted by atomic mass is 31.2. The Balaban J connectivity index is 4.57. The van der Waals surface area contributed by atoms with E-state index in [-0.39, 0.29) is 26.1 Å². The fourth-order valence-electron chi connectivity index (χ4n) is 5.03. The maximum absolute atomic E-state index is 12.6. The highest BCUT2D eigenvalue weighted by Gasteiger charge is 2.27. The van der Waals surface area contributed by atoms with Gasteiger partial charge in [0.1, 0.15) is 19.8 Å². The number of esters is 2. The van der Waals surface area contributed by atoms with Crippen LogP contribution in [-0.2, 0) is 32.7 Å². The first kappa shape index (κ1) is 52.4. The Morgan fingerprint density at radius 3 is 1.93 bits per heavy atom. The summed E-state index contributed by atoms with van der Waals surface area (Å²) in [4.78, 5) is 35.3. The minimum Gasteiger partial charge on any atom is -0.462 e. The number of quaternary nitrogens is 1. The minimum atomic E-state index is -4.41. The van der Waals surface area contributed by atoms with Gasteiger partial charge in [0.15, 0.2) is 6.10 Å². The van der Waals surface area contributed by atoms with Crippen molar-refractivity contribution in [1.82, 2.24) is 0 Å². The summed E-state index contributed by atoms with van der Waals surface area (Å²) in [5.74, 6) is -0.929. The van der Waals surface area contributed by atoms with Gasteiger partial charge >= 0.3 is 19.8 Å². The zero-order valence-corrected chi connectivity index (χ0v) is 35.9. The van der Waals surface area contributed by atoms with Crippen LogP contribution in [0.1, 0.15) is 136 Å². The van der Waals surface area contributed by atoms with E-state index >= 15 is 0 Å². The molecule has 0 saturated carbocycles. The molecule has 0 fully saturated rings. The van der Waals surface area contributed by atoms with E-state index in [0.717, 1.165) is 70.6 Å². The maximum Gasteiger partial charge on any atom is 0.472 e.